The van der Waals surface area contributed by atoms with E-state index in [2.05, 4.69) is 42.4 Å². The zero-order valence-corrected chi connectivity index (χ0v) is 31.4. The summed E-state index contributed by atoms with van der Waals surface area (Å²) in [6, 6.07) is 4.56. The van der Waals surface area contributed by atoms with E-state index in [0.29, 0.717) is 48.3 Å². The molecule has 278 valence electrons. The lowest BCUT2D eigenvalue weighted by atomic mass is 9.36. The Morgan fingerprint density at radius 2 is 1.69 bits per heavy atom. The Bertz CT molecular complexity index is 1780. The molecule has 14 heteroatoms. The van der Waals surface area contributed by atoms with E-state index in [-0.39, 0.29) is 59.5 Å². The van der Waals surface area contributed by atoms with Crippen LogP contribution in [0.15, 0.2) is 28.6 Å². The van der Waals surface area contributed by atoms with Gasteiger partial charge < -0.3 is 45.6 Å². The van der Waals surface area contributed by atoms with Crippen molar-refractivity contribution in [2.45, 2.75) is 116 Å². The quantitative estimate of drug-likeness (QED) is 0.196. The number of thiol groups is 1. The monoisotopic (exact) mass is 725 g/mol. The number of nitrogens with zero attached hydrogens (tertiary/aromatic N) is 1. The number of allylic oxidation sites excluding steroid dienone is 1. The highest BCUT2D eigenvalue weighted by molar-refractivity contribution is 7.80. The summed E-state index contributed by atoms with van der Waals surface area (Å²) in [4.78, 5) is 50.2. The fraction of sp³-hybridized carbons (Fsp3) is 0.568. The Labute approximate surface area is 304 Å². The van der Waals surface area contributed by atoms with Gasteiger partial charge in [-0.3, -0.25) is 14.4 Å². The Balaban J connectivity index is 0.000000511. The van der Waals surface area contributed by atoms with E-state index in [1.54, 1.807) is 17.6 Å². The van der Waals surface area contributed by atoms with Crippen LogP contribution in [0.25, 0.3) is 5.57 Å². The topological polar surface area (TPSA) is 183 Å². The molecule has 2 bridgehead atoms. The van der Waals surface area contributed by atoms with Crippen molar-refractivity contribution in [2.75, 3.05) is 18.7 Å². The molecule has 2 amide bonds. The number of anilines is 1. The molecule has 6 N–H and O–H groups in total. The number of aliphatic hydroxyl groups is 1. The van der Waals surface area contributed by atoms with Gasteiger partial charge in [-0.25, -0.2) is 4.79 Å². The lowest BCUT2D eigenvalue weighted by molar-refractivity contribution is -0.157. The van der Waals surface area contributed by atoms with Crippen molar-refractivity contribution in [1.29, 1.82) is 0 Å². The lowest BCUT2D eigenvalue weighted by Crippen LogP contribution is -2.76. The van der Waals surface area contributed by atoms with Gasteiger partial charge in [-0.1, -0.05) is 48.0 Å². The van der Waals surface area contributed by atoms with Crippen LogP contribution in [0.4, 0.5) is 5.69 Å². The van der Waals surface area contributed by atoms with Crippen LogP contribution in [-0.2, 0) is 32.3 Å². The molecule has 0 radical (unpaired) electrons. The van der Waals surface area contributed by atoms with Crippen molar-refractivity contribution in [3.63, 3.8) is 0 Å². The number of pyridine rings is 1. The summed E-state index contributed by atoms with van der Waals surface area (Å²) >= 11 is 3.97. The Morgan fingerprint density at radius 3 is 2.29 bits per heavy atom. The summed E-state index contributed by atoms with van der Waals surface area (Å²) in [6.45, 7) is 14.1. The fourth-order valence-corrected chi connectivity index (χ4v) is 7.84. The molecule has 5 heterocycles. The highest BCUT2D eigenvalue weighted by Gasteiger charge is 2.71. The van der Waals surface area contributed by atoms with E-state index in [1.807, 2.05) is 39.8 Å². The van der Waals surface area contributed by atoms with Crippen LogP contribution < -0.4 is 36.7 Å². The molecule has 7 aliphatic rings. The number of rotatable bonds is 5. The molecule has 13 nitrogen and oxygen atoms in total. The highest BCUT2D eigenvalue weighted by atomic mass is 32.1. The van der Waals surface area contributed by atoms with Gasteiger partial charge in [-0.15, -0.1) is 0 Å². The van der Waals surface area contributed by atoms with E-state index in [1.165, 1.54) is 6.42 Å². The molecule has 9 rings (SSSR count). The maximum absolute atomic E-state index is 13.6. The van der Waals surface area contributed by atoms with Crippen molar-refractivity contribution >= 4 is 41.7 Å². The number of aromatic nitrogens is 1. The van der Waals surface area contributed by atoms with Crippen molar-refractivity contribution in [2.24, 2.45) is 11.1 Å². The van der Waals surface area contributed by atoms with Gasteiger partial charge in [0.05, 0.1) is 18.2 Å². The number of carbonyl (C=O) groups excluding carboxylic acids is 3. The molecule has 3 fully saturated rings. The first-order valence-electron chi connectivity index (χ1n) is 17.8. The maximum atomic E-state index is 13.6. The number of nitrogens with two attached hydrogens (primary N) is 1. The van der Waals surface area contributed by atoms with Gasteiger partial charge in [0, 0.05) is 46.1 Å². The number of benzene rings is 1. The Kier molecular flexibility index (Phi) is 11.2. The van der Waals surface area contributed by atoms with Crippen LogP contribution in [0.5, 0.6) is 11.5 Å². The number of ether oxygens (including phenoxy) is 3. The van der Waals surface area contributed by atoms with Crippen LogP contribution in [0.1, 0.15) is 109 Å². The van der Waals surface area contributed by atoms with Crippen molar-refractivity contribution in [1.82, 2.24) is 15.2 Å². The average molecular weight is 726 g/mol. The van der Waals surface area contributed by atoms with Crippen molar-refractivity contribution in [3.05, 3.63) is 56.5 Å². The Hall–Kier alpha value is -4.01. The predicted molar refractivity (Wildman–Crippen MR) is 197 cm³/mol. The minimum absolute atomic E-state index is 0.130. The van der Waals surface area contributed by atoms with Gasteiger partial charge in [0.1, 0.15) is 12.6 Å². The van der Waals surface area contributed by atoms with E-state index in [4.69, 9.17) is 19.9 Å². The second-order valence-corrected chi connectivity index (χ2v) is 15.0. The molecular formula is C37H51N5O8S. The van der Waals surface area contributed by atoms with E-state index in [9.17, 15) is 24.3 Å². The number of carbonyl (C=O) groups is 3. The zero-order valence-electron chi connectivity index (χ0n) is 30.5. The van der Waals surface area contributed by atoms with Crippen LogP contribution in [-0.4, -0.2) is 57.6 Å². The van der Waals surface area contributed by atoms with Gasteiger partial charge in [-0.2, -0.15) is 12.6 Å². The third kappa shape index (κ3) is 6.85. The Morgan fingerprint density at radius 1 is 1.08 bits per heavy atom. The molecule has 0 spiro atoms. The average Bonchev–Trinajstić information content (AvgIpc) is 3.67. The summed E-state index contributed by atoms with van der Waals surface area (Å²) in [5, 5.41) is 20.4. The standard InChI is InChI=1S/C29H29N5O8.C3H8S.C3H8.C2H6/c1-12(31-21(35)5-30)25(37)33-29-8-28(9-29,10-29)22-14-3-19-20(42-11-41-19)4-17(14)32-23-15(22)6-34-18(23)2-13-16(26(34)38)7-40-27(39)24(13)36;1-3(2)4;1-3-2;1-2/h2-4,12,23-24,32,36H,5-11,30H2,1H3,(H,31,35)(H,33,37);3-4H,1-2H3;3H2,1-2H3;1-2H3. The lowest BCUT2D eigenvalue weighted by Gasteiger charge is -2.72. The largest absolute Gasteiger partial charge is 0.458 e. The minimum Gasteiger partial charge on any atom is -0.458 e. The molecular weight excluding hydrogens is 675 g/mol. The number of fused-ring (bicyclic) bond motifs is 6. The number of hydrogen-bond donors (Lipinski definition) is 6. The first kappa shape index (κ1) is 38.2. The third-order valence-corrected chi connectivity index (χ3v) is 9.62. The second-order valence-electron chi connectivity index (χ2n) is 14.0. The summed E-state index contributed by atoms with van der Waals surface area (Å²) in [5.74, 6) is -0.147. The number of esters is 1. The summed E-state index contributed by atoms with van der Waals surface area (Å²) in [7, 11) is 0. The molecule has 3 unspecified atom stereocenters. The summed E-state index contributed by atoms with van der Waals surface area (Å²) in [6.07, 6.45) is 1.88. The van der Waals surface area contributed by atoms with Crippen LogP contribution in [0, 0.1) is 5.41 Å². The predicted octanol–water partition coefficient (Wildman–Crippen LogP) is 3.87. The molecule has 1 aromatic heterocycles. The zero-order chi connectivity index (χ0) is 37.4. The first-order valence-corrected chi connectivity index (χ1v) is 18.3. The normalized spacial score (nSPS) is 25.4. The molecule has 4 aliphatic heterocycles. The molecule has 3 saturated carbocycles. The fourth-order valence-electron chi connectivity index (χ4n) is 7.84. The number of amides is 2. The maximum Gasteiger partial charge on any atom is 0.340 e. The van der Waals surface area contributed by atoms with Gasteiger partial charge in [-0.05, 0) is 54.7 Å². The number of hydrogen-bond acceptors (Lipinski definition) is 11. The van der Waals surface area contributed by atoms with Crippen molar-refractivity contribution in [3.8, 4) is 11.5 Å². The van der Waals surface area contributed by atoms with Gasteiger partial charge in [0.25, 0.3) is 5.56 Å². The van der Waals surface area contributed by atoms with Crippen LogP contribution >= 0.6 is 12.6 Å². The highest BCUT2D eigenvalue weighted by Crippen LogP contribution is 2.74. The molecule has 2 aromatic rings. The summed E-state index contributed by atoms with van der Waals surface area (Å²) in [5.41, 5.74) is 9.69. The van der Waals surface area contributed by atoms with Crippen molar-refractivity contribution < 1.29 is 33.7 Å². The SMILES string of the molecule is CC.CC(C)S.CC(NC(=O)CN)C(=O)NC12CC(C3=C4Cn5c(cc6c(c5=O)COC(=O)C6O)C4Nc4cc5c(cc43)OCO5)(C1)C2.CCC. The van der Waals surface area contributed by atoms with E-state index >= 15 is 0 Å². The smallest absolute Gasteiger partial charge is 0.340 e. The molecule has 1 aromatic carbocycles. The number of nitrogens with one attached hydrogen (secondary N) is 3. The van der Waals surface area contributed by atoms with Crippen LogP contribution in [0.3, 0.4) is 0 Å². The number of cyclic esters (lactones) is 1. The molecule has 51 heavy (non-hydrogen) atoms. The van der Waals surface area contributed by atoms with E-state index < -0.39 is 24.0 Å². The van der Waals surface area contributed by atoms with Crippen LogP contribution in [0.2, 0.25) is 0 Å². The molecule has 0 saturated heterocycles. The first-order chi connectivity index (χ1) is 24.3. The van der Waals surface area contributed by atoms with Gasteiger partial charge in [0.15, 0.2) is 17.6 Å². The minimum atomic E-state index is -1.51. The number of aliphatic hydroxyl groups excluding tert-OH is 1. The van der Waals surface area contributed by atoms with E-state index in [0.717, 1.165) is 22.4 Å². The molecule has 3 atom stereocenters. The van der Waals surface area contributed by atoms with Gasteiger partial charge in [0.2, 0.25) is 18.6 Å². The summed E-state index contributed by atoms with van der Waals surface area (Å²) < 4.78 is 18.1. The molecule has 3 aliphatic carbocycles. The second kappa shape index (κ2) is 14.9. The third-order valence-electron chi connectivity index (χ3n) is 9.62. The van der Waals surface area contributed by atoms with Gasteiger partial charge >= 0.3 is 5.97 Å².